The minimum Gasteiger partial charge on any atom is -0.269 e. The standard InChI is InChI=1S/C17H14N6O/c1-12-6-5-9-15-18-14(10-16(24)23(12)15)11-22-20-17(19-21-22)13-7-3-2-4-8-13/h2-10H,11H2,1H3. The fourth-order valence-electron chi connectivity index (χ4n) is 2.60. The Morgan fingerprint density at radius 3 is 2.71 bits per heavy atom. The average molecular weight is 318 g/mol. The van der Waals surface area contributed by atoms with E-state index < -0.39 is 0 Å². The van der Waals surface area contributed by atoms with E-state index in [2.05, 4.69) is 20.4 Å². The van der Waals surface area contributed by atoms with E-state index in [1.54, 1.807) is 4.40 Å². The van der Waals surface area contributed by atoms with Gasteiger partial charge in [-0.2, -0.15) is 4.80 Å². The van der Waals surface area contributed by atoms with Gasteiger partial charge < -0.3 is 0 Å². The first-order valence-corrected chi connectivity index (χ1v) is 7.52. The number of aryl methyl sites for hydroxylation is 1. The molecule has 4 rings (SSSR count). The molecule has 0 spiro atoms. The number of tetrazole rings is 1. The third-order valence-electron chi connectivity index (χ3n) is 3.72. The molecule has 1 aromatic carbocycles. The molecule has 0 aliphatic carbocycles. The summed E-state index contributed by atoms with van der Waals surface area (Å²) in [6, 6.07) is 16.7. The molecule has 0 saturated carbocycles. The van der Waals surface area contributed by atoms with Crippen molar-refractivity contribution in [2.75, 3.05) is 0 Å². The predicted octanol–water partition coefficient (Wildman–Crippen LogP) is 1.70. The van der Waals surface area contributed by atoms with Crippen molar-refractivity contribution in [2.24, 2.45) is 0 Å². The molecule has 0 aliphatic heterocycles. The van der Waals surface area contributed by atoms with Crippen LogP contribution in [-0.2, 0) is 6.54 Å². The van der Waals surface area contributed by atoms with E-state index in [1.165, 1.54) is 10.9 Å². The third kappa shape index (κ3) is 2.56. The lowest BCUT2D eigenvalue weighted by atomic mass is 10.2. The minimum atomic E-state index is -0.114. The van der Waals surface area contributed by atoms with Crippen LogP contribution in [0.25, 0.3) is 17.0 Å². The highest BCUT2D eigenvalue weighted by Crippen LogP contribution is 2.12. The molecule has 0 unspecified atom stereocenters. The molecule has 0 saturated heterocycles. The second-order valence-electron chi connectivity index (χ2n) is 5.46. The topological polar surface area (TPSA) is 78.0 Å². The van der Waals surface area contributed by atoms with Gasteiger partial charge >= 0.3 is 0 Å². The largest absolute Gasteiger partial charge is 0.269 e. The number of hydrogen-bond donors (Lipinski definition) is 0. The van der Waals surface area contributed by atoms with Crippen LogP contribution in [0.4, 0.5) is 0 Å². The van der Waals surface area contributed by atoms with Crippen molar-refractivity contribution in [3.63, 3.8) is 0 Å². The molecule has 0 fully saturated rings. The Hall–Kier alpha value is -3.35. The van der Waals surface area contributed by atoms with E-state index in [9.17, 15) is 4.79 Å². The lowest BCUT2D eigenvalue weighted by molar-refractivity contribution is 0.564. The number of nitrogens with zero attached hydrogens (tertiary/aromatic N) is 6. The summed E-state index contributed by atoms with van der Waals surface area (Å²) in [5.41, 5.74) is 2.84. The first-order valence-electron chi connectivity index (χ1n) is 7.52. The molecule has 3 heterocycles. The molecule has 0 bridgehead atoms. The summed E-state index contributed by atoms with van der Waals surface area (Å²) in [5.74, 6) is 0.545. The number of benzene rings is 1. The Labute approximate surface area is 137 Å². The van der Waals surface area contributed by atoms with Crippen LogP contribution in [0.2, 0.25) is 0 Å². The van der Waals surface area contributed by atoms with E-state index in [1.807, 2.05) is 55.5 Å². The van der Waals surface area contributed by atoms with Crippen LogP contribution in [0.15, 0.2) is 59.4 Å². The molecule has 118 valence electrons. The molecular weight excluding hydrogens is 304 g/mol. The lowest BCUT2D eigenvalue weighted by Crippen LogP contribution is -2.19. The zero-order valence-electron chi connectivity index (χ0n) is 13.0. The van der Waals surface area contributed by atoms with Crippen LogP contribution < -0.4 is 5.56 Å². The molecule has 0 atom stereocenters. The van der Waals surface area contributed by atoms with Crippen molar-refractivity contribution in [3.8, 4) is 11.4 Å². The second-order valence-corrected chi connectivity index (χ2v) is 5.46. The highest BCUT2D eigenvalue weighted by atomic mass is 16.1. The van der Waals surface area contributed by atoms with Crippen LogP contribution in [0, 0.1) is 6.92 Å². The van der Waals surface area contributed by atoms with Crippen molar-refractivity contribution in [2.45, 2.75) is 13.5 Å². The van der Waals surface area contributed by atoms with E-state index in [-0.39, 0.29) is 5.56 Å². The zero-order chi connectivity index (χ0) is 16.5. The maximum absolute atomic E-state index is 12.3. The van der Waals surface area contributed by atoms with Gasteiger partial charge in [0.1, 0.15) is 12.2 Å². The Bertz CT molecular complexity index is 1070. The summed E-state index contributed by atoms with van der Waals surface area (Å²) in [4.78, 5) is 18.2. The van der Waals surface area contributed by atoms with Gasteiger partial charge in [-0.15, -0.1) is 10.2 Å². The molecular formula is C17H14N6O. The van der Waals surface area contributed by atoms with Gasteiger partial charge in [-0.25, -0.2) is 4.98 Å². The first-order chi connectivity index (χ1) is 11.7. The third-order valence-corrected chi connectivity index (χ3v) is 3.72. The van der Waals surface area contributed by atoms with Gasteiger partial charge in [0, 0.05) is 17.3 Å². The smallest absolute Gasteiger partial charge is 0.258 e. The Morgan fingerprint density at radius 1 is 1.04 bits per heavy atom. The molecule has 4 aromatic rings. The molecule has 7 nitrogen and oxygen atoms in total. The quantitative estimate of drug-likeness (QED) is 0.574. The van der Waals surface area contributed by atoms with Gasteiger partial charge in [0.05, 0.1) is 5.69 Å². The van der Waals surface area contributed by atoms with Gasteiger partial charge in [0.15, 0.2) is 0 Å². The Morgan fingerprint density at radius 2 is 1.88 bits per heavy atom. The van der Waals surface area contributed by atoms with Crippen molar-refractivity contribution in [3.05, 3.63) is 76.3 Å². The van der Waals surface area contributed by atoms with Gasteiger partial charge in [-0.1, -0.05) is 36.4 Å². The monoisotopic (exact) mass is 318 g/mol. The summed E-state index contributed by atoms with van der Waals surface area (Å²) in [6.07, 6.45) is 0. The minimum absolute atomic E-state index is 0.114. The molecule has 0 aliphatic rings. The SMILES string of the molecule is Cc1cccc2nc(Cn3nnc(-c4ccccc4)n3)cc(=O)n12. The molecule has 3 aromatic heterocycles. The second kappa shape index (κ2) is 5.69. The van der Waals surface area contributed by atoms with Crippen LogP contribution in [0.3, 0.4) is 0 Å². The average Bonchev–Trinajstić information content (AvgIpc) is 3.04. The maximum Gasteiger partial charge on any atom is 0.258 e. The van der Waals surface area contributed by atoms with Crippen molar-refractivity contribution >= 4 is 5.65 Å². The molecule has 0 radical (unpaired) electrons. The fourth-order valence-corrected chi connectivity index (χ4v) is 2.60. The van der Waals surface area contributed by atoms with Crippen LogP contribution in [0.1, 0.15) is 11.4 Å². The zero-order valence-corrected chi connectivity index (χ0v) is 13.0. The summed E-state index contributed by atoms with van der Waals surface area (Å²) in [6.45, 7) is 2.17. The number of hydrogen-bond acceptors (Lipinski definition) is 5. The van der Waals surface area contributed by atoms with Gasteiger partial charge in [0.2, 0.25) is 5.82 Å². The lowest BCUT2D eigenvalue weighted by Gasteiger charge is -2.05. The van der Waals surface area contributed by atoms with E-state index in [0.717, 1.165) is 11.3 Å². The van der Waals surface area contributed by atoms with Crippen LogP contribution >= 0.6 is 0 Å². The highest BCUT2D eigenvalue weighted by Gasteiger charge is 2.08. The number of pyridine rings is 1. The summed E-state index contributed by atoms with van der Waals surface area (Å²) in [5, 5.41) is 12.4. The van der Waals surface area contributed by atoms with Crippen molar-refractivity contribution in [1.82, 2.24) is 29.6 Å². The summed E-state index contributed by atoms with van der Waals surface area (Å²) in [7, 11) is 0. The maximum atomic E-state index is 12.3. The Balaban J connectivity index is 1.68. The van der Waals surface area contributed by atoms with E-state index in [4.69, 9.17) is 0 Å². The normalized spacial score (nSPS) is 11.0. The summed E-state index contributed by atoms with van der Waals surface area (Å²) >= 11 is 0. The molecule has 7 heteroatoms. The van der Waals surface area contributed by atoms with Crippen molar-refractivity contribution < 1.29 is 0 Å². The highest BCUT2D eigenvalue weighted by molar-refractivity contribution is 5.53. The fraction of sp³-hybridized carbons (Fsp3) is 0.118. The first kappa shape index (κ1) is 14.3. The summed E-state index contributed by atoms with van der Waals surface area (Å²) < 4.78 is 1.58. The van der Waals surface area contributed by atoms with Gasteiger partial charge in [-0.3, -0.25) is 9.20 Å². The number of rotatable bonds is 3. The molecule has 24 heavy (non-hydrogen) atoms. The molecule has 0 N–H and O–H groups in total. The van der Waals surface area contributed by atoms with Crippen LogP contribution in [0.5, 0.6) is 0 Å². The van der Waals surface area contributed by atoms with E-state index >= 15 is 0 Å². The molecule has 0 amide bonds. The van der Waals surface area contributed by atoms with Gasteiger partial charge in [0.25, 0.3) is 5.56 Å². The number of aromatic nitrogens is 6. The number of fused-ring (bicyclic) bond motifs is 1. The van der Waals surface area contributed by atoms with E-state index in [0.29, 0.717) is 23.7 Å². The Kier molecular flexibility index (Phi) is 3.38. The van der Waals surface area contributed by atoms with Crippen molar-refractivity contribution in [1.29, 1.82) is 0 Å². The van der Waals surface area contributed by atoms with Crippen LogP contribution in [-0.4, -0.2) is 29.6 Å². The predicted molar refractivity (Wildman–Crippen MR) is 88.6 cm³/mol. The van der Waals surface area contributed by atoms with Gasteiger partial charge in [-0.05, 0) is 24.3 Å².